The minimum Gasteiger partial charge on any atom is -0.493 e. The number of aryl methyl sites for hydroxylation is 1. The van der Waals surface area contributed by atoms with Crippen molar-refractivity contribution < 1.29 is 19.2 Å². The third-order valence-electron chi connectivity index (χ3n) is 2.79. The second-order valence-electron chi connectivity index (χ2n) is 4.25. The number of rotatable bonds is 6. The number of hydrogen-bond acceptors (Lipinski definition) is 6. The Morgan fingerprint density at radius 1 is 1.43 bits per heavy atom. The van der Waals surface area contributed by atoms with E-state index >= 15 is 0 Å². The van der Waals surface area contributed by atoms with Crippen molar-refractivity contribution in [2.45, 2.75) is 6.61 Å². The van der Waals surface area contributed by atoms with Crippen LogP contribution in [0, 0.1) is 10.1 Å². The summed E-state index contributed by atoms with van der Waals surface area (Å²) in [5.41, 5.74) is 0.416. The van der Waals surface area contributed by atoms with Gasteiger partial charge in [-0.3, -0.25) is 19.6 Å². The first kappa shape index (κ1) is 14.5. The molecule has 0 aliphatic rings. The van der Waals surface area contributed by atoms with Crippen LogP contribution in [-0.2, 0) is 13.7 Å². The Labute approximate surface area is 120 Å². The summed E-state index contributed by atoms with van der Waals surface area (Å²) in [6, 6.07) is 2.46. The van der Waals surface area contributed by atoms with Crippen LogP contribution in [0.5, 0.6) is 11.5 Å². The van der Waals surface area contributed by atoms with Crippen LogP contribution in [0.2, 0.25) is 0 Å². The fourth-order valence-corrected chi connectivity index (χ4v) is 1.80. The molecule has 8 nitrogen and oxygen atoms in total. The van der Waals surface area contributed by atoms with Crippen molar-refractivity contribution in [3.05, 3.63) is 45.8 Å². The summed E-state index contributed by atoms with van der Waals surface area (Å²) in [6.45, 7) is 0.182. The number of nitrogens with zero attached hydrogens (tertiary/aromatic N) is 3. The minimum atomic E-state index is -0.639. The Balaban J connectivity index is 2.30. The molecule has 0 saturated carbocycles. The summed E-state index contributed by atoms with van der Waals surface area (Å²) in [6.07, 6.45) is 3.80. The normalized spacial score (nSPS) is 10.2. The van der Waals surface area contributed by atoms with Gasteiger partial charge in [0.25, 0.3) is 5.69 Å². The molecule has 0 saturated heterocycles. The standard InChI is InChI=1S/C13H13N3O5/c1-15-6-9(5-14-15)8-21-13-4-11(16(18)19)10(7-17)3-12(13)20-2/h3-7H,8H2,1-2H3. The SMILES string of the molecule is COc1cc(C=O)c([N+](=O)[O-])cc1OCc1cnn(C)c1. The third-order valence-corrected chi connectivity index (χ3v) is 2.79. The third kappa shape index (κ3) is 3.16. The molecular weight excluding hydrogens is 278 g/mol. The van der Waals surface area contributed by atoms with Gasteiger partial charge in [-0.1, -0.05) is 0 Å². The number of aromatic nitrogens is 2. The van der Waals surface area contributed by atoms with Gasteiger partial charge >= 0.3 is 0 Å². The summed E-state index contributed by atoms with van der Waals surface area (Å²) in [4.78, 5) is 21.2. The van der Waals surface area contributed by atoms with Crippen LogP contribution in [0.3, 0.4) is 0 Å². The number of ether oxygens (including phenoxy) is 2. The van der Waals surface area contributed by atoms with E-state index in [9.17, 15) is 14.9 Å². The van der Waals surface area contributed by atoms with Crippen molar-refractivity contribution in [1.29, 1.82) is 0 Å². The monoisotopic (exact) mass is 291 g/mol. The molecule has 0 unspecified atom stereocenters. The summed E-state index contributed by atoms with van der Waals surface area (Å²) in [7, 11) is 3.17. The largest absolute Gasteiger partial charge is 0.493 e. The van der Waals surface area contributed by atoms with E-state index in [-0.39, 0.29) is 29.4 Å². The molecule has 1 aromatic heterocycles. The zero-order chi connectivity index (χ0) is 15.4. The lowest BCUT2D eigenvalue weighted by Gasteiger charge is -2.10. The Morgan fingerprint density at radius 3 is 2.71 bits per heavy atom. The Hall–Kier alpha value is -2.90. The number of nitro benzene ring substituents is 1. The number of methoxy groups -OCH3 is 1. The lowest BCUT2D eigenvalue weighted by molar-refractivity contribution is -0.385. The van der Waals surface area contributed by atoms with Gasteiger partial charge in [0.05, 0.1) is 29.9 Å². The van der Waals surface area contributed by atoms with Crippen LogP contribution in [0.25, 0.3) is 0 Å². The molecule has 2 aromatic rings. The van der Waals surface area contributed by atoms with Gasteiger partial charge in [-0.2, -0.15) is 5.10 Å². The molecule has 0 radical (unpaired) electrons. The van der Waals surface area contributed by atoms with E-state index in [2.05, 4.69) is 5.10 Å². The Kier molecular flexibility index (Phi) is 4.17. The second kappa shape index (κ2) is 6.04. The lowest BCUT2D eigenvalue weighted by atomic mass is 10.1. The molecule has 1 aromatic carbocycles. The molecule has 0 bridgehead atoms. The number of hydrogen-bond donors (Lipinski definition) is 0. The van der Waals surface area contributed by atoms with Crippen LogP contribution in [0.15, 0.2) is 24.5 Å². The molecule has 110 valence electrons. The molecule has 0 amide bonds. The fourth-order valence-electron chi connectivity index (χ4n) is 1.80. The first-order valence-corrected chi connectivity index (χ1v) is 5.97. The molecule has 0 aliphatic heterocycles. The first-order valence-electron chi connectivity index (χ1n) is 5.97. The Morgan fingerprint density at radius 2 is 2.19 bits per heavy atom. The van der Waals surface area contributed by atoms with Gasteiger partial charge in [0, 0.05) is 24.9 Å². The minimum absolute atomic E-state index is 0.0643. The maximum Gasteiger partial charge on any atom is 0.283 e. The quantitative estimate of drug-likeness (QED) is 0.457. The van der Waals surface area contributed by atoms with Crippen molar-refractivity contribution >= 4 is 12.0 Å². The van der Waals surface area contributed by atoms with Crippen LogP contribution >= 0.6 is 0 Å². The predicted molar refractivity (Wildman–Crippen MR) is 72.6 cm³/mol. The van der Waals surface area contributed by atoms with Gasteiger partial charge in [-0.05, 0) is 0 Å². The molecule has 0 aliphatic carbocycles. The first-order chi connectivity index (χ1) is 10.0. The van der Waals surface area contributed by atoms with E-state index in [1.54, 1.807) is 24.1 Å². The van der Waals surface area contributed by atoms with Crippen LogP contribution in [0.1, 0.15) is 15.9 Å². The van der Waals surface area contributed by atoms with Crippen LogP contribution in [-0.4, -0.2) is 28.1 Å². The molecule has 0 fully saturated rings. The molecule has 0 atom stereocenters. The van der Waals surface area contributed by atoms with E-state index in [1.165, 1.54) is 19.2 Å². The zero-order valence-electron chi connectivity index (χ0n) is 11.5. The van der Waals surface area contributed by atoms with Gasteiger partial charge < -0.3 is 9.47 Å². The van der Waals surface area contributed by atoms with E-state index in [4.69, 9.17) is 9.47 Å². The molecule has 2 rings (SSSR count). The van der Waals surface area contributed by atoms with Crippen molar-refractivity contribution in [1.82, 2.24) is 9.78 Å². The predicted octanol–water partition coefficient (Wildman–Crippen LogP) is 1.73. The molecule has 0 N–H and O–H groups in total. The van der Waals surface area contributed by atoms with Crippen LogP contribution < -0.4 is 9.47 Å². The van der Waals surface area contributed by atoms with Gasteiger partial charge in [0.1, 0.15) is 6.61 Å². The average molecular weight is 291 g/mol. The van der Waals surface area contributed by atoms with Crippen molar-refractivity contribution in [2.24, 2.45) is 7.05 Å². The van der Waals surface area contributed by atoms with E-state index in [1.807, 2.05) is 0 Å². The average Bonchev–Trinajstić information content (AvgIpc) is 2.89. The summed E-state index contributed by atoms with van der Waals surface area (Å²) in [5.74, 6) is 0.449. The number of nitro groups is 1. The van der Waals surface area contributed by atoms with Crippen LogP contribution in [0.4, 0.5) is 5.69 Å². The fraction of sp³-hybridized carbons (Fsp3) is 0.231. The molecule has 0 spiro atoms. The highest BCUT2D eigenvalue weighted by Gasteiger charge is 2.19. The van der Waals surface area contributed by atoms with Gasteiger partial charge in [0.2, 0.25) is 0 Å². The van der Waals surface area contributed by atoms with Crippen molar-refractivity contribution in [2.75, 3.05) is 7.11 Å². The van der Waals surface area contributed by atoms with E-state index in [0.29, 0.717) is 6.29 Å². The van der Waals surface area contributed by atoms with E-state index < -0.39 is 4.92 Å². The smallest absolute Gasteiger partial charge is 0.283 e. The molecular formula is C13H13N3O5. The van der Waals surface area contributed by atoms with Gasteiger partial charge in [-0.25, -0.2) is 0 Å². The highest BCUT2D eigenvalue weighted by Crippen LogP contribution is 2.34. The zero-order valence-corrected chi connectivity index (χ0v) is 11.5. The lowest BCUT2D eigenvalue weighted by Crippen LogP contribution is -2.01. The second-order valence-corrected chi connectivity index (χ2v) is 4.25. The summed E-state index contributed by atoms with van der Waals surface area (Å²) in [5, 5.41) is 14.9. The number of carbonyl (C=O) groups is 1. The topological polar surface area (TPSA) is 96.5 Å². The summed E-state index contributed by atoms with van der Waals surface area (Å²) >= 11 is 0. The highest BCUT2D eigenvalue weighted by molar-refractivity contribution is 5.83. The highest BCUT2D eigenvalue weighted by atomic mass is 16.6. The maximum atomic E-state index is 10.9. The maximum absolute atomic E-state index is 10.9. The van der Waals surface area contributed by atoms with Crippen molar-refractivity contribution in [3.8, 4) is 11.5 Å². The molecule has 8 heteroatoms. The van der Waals surface area contributed by atoms with Gasteiger partial charge in [-0.15, -0.1) is 0 Å². The van der Waals surface area contributed by atoms with Crippen molar-refractivity contribution in [3.63, 3.8) is 0 Å². The van der Waals surface area contributed by atoms with E-state index in [0.717, 1.165) is 5.56 Å². The number of benzene rings is 1. The number of carbonyl (C=O) groups excluding carboxylic acids is 1. The molecule has 1 heterocycles. The van der Waals surface area contributed by atoms with Gasteiger partial charge in [0.15, 0.2) is 17.8 Å². The summed E-state index contributed by atoms with van der Waals surface area (Å²) < 4.78 is 12.2. The molecule has 21 heavy (non-hydrogen) atoms. The number of aldehydes is 1. The Bertz CT molecular complexity index is 680.